The van der Waals surface area contributed by atoms with Gasteiger partial charge in [-0.1, -0.05) is 17.4 Å². The number of hydrogen-bond acceptors (Lipinski definition) is 7. The molecule has 24 heavy (non-hydrogen) atoms. The number of aryl methyl sites for hydroxylation is 1. The standard InChI is InChI=1S/C15H20N4O3S2/c1-11-17-18-15(23-11)10-16-12-3-2-4-14(9-12)24(21,22)19-7-5-13(20)6-8-19/h2-4,9,13,16,20H,5-8,10H2,1H3. The van der Waals surface area contributed by atoms with Crippen molar-refractivity contribution in [2.24, 2.45) is 0 Å². The number of rotatable bonds is 5. The van der Waals surface area contributed by atoms with E-state index in [1.54, 1.807) is 18.2 Å². The lowest BCUT2D eigenvalue weighted by atomic mass is 10.1. The van der Waals surface area contributed by atoms with Gasteiger partial charge in [0.2, 0.25) is 10.0 Å². The van der Waals surface area contributed by atoms with Crippen molar-refractivity contribution in [2.75, 3.05) is 18.4 Å². The summed E-state index contributed by atoms with van der Waals surface area (Å²) in [6.45, 7) is 3.10. The van der Waals surface area contributed by atoms with Crippen LogP contribution in [0.3, 0.4) is 0 Å². The number of nitrogens with zero attached hydrogens (tertiary/aromatic N) is 3. The maximum absolute atomic E-state index is 12.7. The topological polar surface area (TPSA) is 95.4 Å². The van der Waals surface area contributed by atoms with Crippen LogP contribution >= 0.6 is 11.3 Å². The maximum Gasteiger partial charge on any atom is 0.243 e. The van der Waals surface area contributed by atoms with E-state index in [4.69, 9.17) is 0 Å². The Kier molecular flexibility index (Phi) is 5.14. The molecule has 0 amide bonds. The maximum atomic E-state index is 12.7. The average Bonchev–Trinajstić information content (AvgIpc) is 2.99. The summed E-state index contributed by atoms with van der Waals surface area (Å²) in [4.78, 5) is 0.261. The van der Waals surface area contributed by atoms with Crippen molar-refractivity contribution in [3.8, 4) is 0 Å². The molecule has 0 bridgehead atoms. The third-order valence-corrected chi connectivity index (χ3v) is 6.64. The number of anilines is 1. The van der Waals surface area contributed by atoms with Crippen molar-refractivity contribution >= 4 is 27.0 Å². The molecule has 3 rings (SSSR count). The second-order valence-electron chi connectivity index (χ2n) is 5.73. The number of sulfonamides is 1. The molecule has 7 nitrogen and oxygen atoms in total. The van der Waals surface area contributed by atoms with Gasteiger partial charge < -0.3 is 10.4 Å². The van der Waals surface area contributed by atoms with Crippen LogP contribution in [-0.4, -0.2) is 47.2 Å². The van der Waals surface area contributed by atoms with Gasteiger partial charge in [0.05, 0.1) is 17.5 Å². The number of aliphatic hydroxyl groups is 1. The van der Waals surface area contributed by atoms with E-state index in [0.29, 0.717) is 32.5 Å². The molecule has 0 radical (unpaired) electrons. The first-order chi connectivity index (χ1) is 11.4. The molecule has 2 N–H and O–H groups in total. The van der Waals surface area contributed by atoms with Crippen LogP contribution in [0.5, 0.6) is 0 Å². The summed E-state index contributed by atoms with van der Waals surface area (Å²) in [6, 6.07) is 6.78. The lowest BCUT2D eigenvalue weighted by molar-refractivity contribution is 0.113. The van der Waals surface area contributed by atoms with Gasteiger partial charge in [-0.2, -0.15) is 4.31 Å². The molecule has 1 aromatic heterocycles. The molecule has 130 valence electrons. The summed E-state index contributed by atoms with van der Waals surface area (Å²) < 4.78 is 26.9. The molecule has 2 heterocycles. The van der Waals surface area contributed by atoms with Crippen molar-refractivity contribution in [3.63, 3.8) is 0 Å². The van der Waals surface area contributed by atoms with Gasteiger partial charge >= 0.3 is 0 Å². The third kappa shape index (κ3) is 3.92. The molecule has 0 spiro atoms. The van der Waals surface area contributed by atoms with Crippen molar-refractivity contribution in [1.29, 1.82) is 0 Å². The van der Waals surface area contributed by atoms with Crippen LogP contribution in [0.1, 0.15) is 22.9 Å². The Morgan fingerprint density at radius 2 is 2.08 bits per heavy atom. The molecule has 0 unspecified atom stereocenters. The predicted octanol–water partition coefficient (Wildman–Crippen LogP) is 1.60. The summed E-state index contributed by atoms with van der Waals surface area (Å²) in [5.41, 5.74) is 0.723. The summed E-state index contributed by atoms with van der Waals surface area (Å²) in [5.74, 6) is 0. The van der Waals surface area contributed by atoms with E-state index in [0.717, 1.165) is 15.7 Å². The smallest absolute Gasteiger partial charge is 0.243 e. The van der Waals surface area contributed by atoms with E-state index in [2.05, 4.69) is 15.5 Å². The van der Waals surface area contributed by atoms with E-state index in [-0.39, 0.29) is 4.90 Å². The Labute approximate surface area is 145 Å². The molecule has 0 atom stereocenters. The Morgan fingerprint density at radius 1 is 1.33 bits per heavy atom. The summed E-state index contributed by atoms with van der Waals surface area (Å²) in [5, 5.41) is 22.5. The van der Waals surface area contributed by atoms with E-state index in [9.17, 15) is 13.5 Å². The molecule has 0 saturated carbocycles. The Bertz CT molecular complexity index is 799. The van der Waals surface area contributed by atoms with E-state index >= 15 is 0 Å². The fraction of sp³-hybridized carbons (Fsp3) is 0.467. The van der Waals surface area contributed by atoms with Gasteiger partial charge in [0, 0.05) is 18.8 Å². The fourth-order valence-electron chi connectivity index (χ4n) is 2.58. The van der Waals surface area contributed by atoms with Crippen LogP contribution in [0.15, 0.2) is 29.2 Å². The summed E-state index contributed by atoms with van der Waals surface area (Å²) in [6.07, 6.45) is 0.557. The van der Waals surface area contributed by atoms with Gasteiger partial charge in [-0.25, -0.2) is 8.42 Å². The second-order valence-corrected chi connectivity index (χ2v) is 8.94. The Balaban J connectivity index is 1.72. The molecule has 0 aliphatic carbocycles. The number of aromatic nitrogens is 2. The van der Waals surface area contributed by atoms with Crippen LogP contribution in [0.25, 0.3) is 0 Å². The van der Waals surface area contributed by atoms with Crippen LogP contribution in [0.4, 0.5) is 5.69 Å². The van der Waals surface area contributed by atoms with Crippen molar-refractivity contribution in [1.82, 2.24) is 14.5 Å². The van der Waals surface area contributed by atoms with Crippen molar-refractivity contribution < 1.29 is 13.5 Å². The summed E-state index contributed by atoms with van der Waals surface area (Å²) in [7, 11) is -3.53. The first-order valence-electron chi connectivity index (χ1n) is 7.76. The van der Waals surface area contributed by atoms with E-state index in [1.165, 1.54) is 15.6 Å². The second kappa shape index (κ2) is 7.14. The van der Waals surface area contributed by atoms with Gasteiger partial charge in [0.25, 0.3) is 0 Å². The highest BCUT2D eigenvalue weighted by atomic mass is 32.2. The molecule has 1 aromatic carbocycles. The highest BCUT2D eigenvalue weighted by molar-refractivity contribution is 7.89. The first-order valence-corrected chi connectivity index (χ1v) is 10.0. The van der Waals surface area contributed by atoms with Crippen molar-refractivity contribution in [2.45, 2.75) is 37.3 Å². The van der Waals surface area contributed by atoms with Gasteiger partial charge in [0.1, 0.15) is 10.0 Å². The molecular formula is C15H20N4O3S2. The number of benzene rings is 1. The lowest BCUT2D eigenvalue weighted by Gasteiger charge is -2.28. The Morgan fingerprint density at radius 3 is 2.75 bits per heavy atom. The highest BCUT2D eigenvalue weighted by Crippen LogP contribution is 2.23. The van der Waals surface area contributed by atoms with Crippen LogP contribution in [0, 0.1) is 6.92 Å². The van der Waals surface area contributed by atoms with Crippen LogP contribution in [-0.2, 0) is 16.6 Å². The zero-order valence-electron chi connectivity index (χ0n) is 13.3. The van der Waals surface area contributed by atoms with Gasteiger partial charge in [-0.05, 0) is 38.0 Å². The number of aliphatic hydroxyl groups excluding tert-OH is 1. The number of hydrogen-bond donors (Lipinski definition) is 2. The van der Waals surface area contributed by atoms with Crippen LogP contribution in [0.2, 0.25) is 0 Å². The molecule has 1 aliphatic rings. The SMILES string of the molecule is Cc1nnc(CNc2cccc(S(=O)(=O)N3CCC(O)CC3)c2)s1. The third-order valence-electron chi connectivity index (χ3n) is 3.91. The van der Waals surface area contributed by atoms with E-state index in [1.807, 2.05) is 13.0 Å². The minimum atomic E-state index is -3.53. The van der Waals surface area contributed by atoms with Gasteiger partial charge in [0.15, 0.2) is 0 Å². The normalized spacial score (nSPS) is 17.1. The quantitative estimate of drug-likeness (QED) is 0.832. The average molecular weight is 368 g/mol. The Hall–Kier alpha value is -1.55. The molecule has 1 saturated heterocycles. The molecule has 1 aliphatic heterocycles. The zero-order valence-corrected chi connectivity index (χ0v) is 15.0. The van der Waals surface area contributed by atoms with Gasteiger partial charge in [-0.15, -0.1) is 10.2 Å². The number of piperidine rings is 1. The zero-order chi connectivity index (χ0) is 17.2. The van der Waals surface area contributed by atoms with Crippen molar-refractivity contribution in [3.05, 3.63) is 34.3 Å². The number of nitrogens with one attached hydrogen (secondary N) is 1. The van der Waals surface area contributed by atoms with Crippen LogP contribution < -0.4 is 5.32 Å². The van der Waals surface area contributed by atoms with E-state index < -0.39 is 16.1 Å². The molecule has 9 heteroatoms. The molecule has 2 aromatic rings. The minimum Gasteiger partial charge on any atom is -0.393 e. The monoisotopic (exact) mass is 368 g/mol. The molecule has 1 fully saturated rings. The fourth-order valence-corrected chi connectivity index (χ4v) is 4.75. The van der Waals surface area contributed by atoms with Gasteiger partial charge in [-0.3, -0.25) is 0 Å². The summed E-state index contributed by atoms with van der Waals surface area (Å²) >= 11 is 1.50. The highest BCUT2D eigenvalue weighted by Gasteiger charge is 2.28. The first kappa shape index (κ1) is 17.3. The lowest BCUT2D eigenvalue weighted by Crippen LogP contribution is -2.39. The largest absolute Gasteiger partial charge is 0.393 e. The minimum absolute atomic E-state index is 0.261. The molecular weight excluding hydrogens is 348 g/mol. The predicted molar refractivity (Wildman–Crippen MR) is 92.4 cm³/mol.